The maximum absolute atomic E-state index is 13.6. The highest BCUT2D eigenvalue weighted by atomic mass is 32.2. The van der Waals surface area contributed by atoms with Gasteiger partial charge in [0.05, 0.1) is 12.7 Å². The highest BCUT2D eigenvalue weighted by Gasteiger charge is 2.42. The molecule has 1 aliphatic heterocycles. The first-order valence-corrected chi connectivity index (χ1v) is 13.9. The number of ether oxygens (including phenoxy) is 2. The molecule has 3 aromatic rings. The van der Waals surface area contributed by atoms with Gasteiger partial charge in [-0.1, -0.05) is 68.9 Å². The van der Waals surface area contributed by atoms with E-state index in [1.807, 2.05) is 48.5 Å². The van der Waals surface area contributed by atoms with Crippen LogP contribution in [0.1, 0.15) is 62.6 Å². The van der Waals surface area contributed by atoms with Crippen molar-refractivity contribution in [1.29, 1.82) is 0 Å². The van der Waals surface area contributed by atoms with Crippen molar-refractivity contribution in [3.05, 3.63) is 86.8 Å². The van der Waals surface area contributed by atoms with Gasteiger partial charge < -0.3 is 19.8 Å². The average Bonchev–Trinajstić information content (AvgIpc) is 2.89. The molecule has 2 N–H and O–H groups in total. The van der Waals surface area contributed by atoms with Crippen molar-refractivity contribution in [2.24, 2.45) is 5.41 Å². The third kappa shape index (κ3) is 5.23. The van der Waals surface area contributed by atoms with Crippen molar-refractivity contribution in [2.45, 2.75) is 57.7 Å². The van der Waals surface area contributed by atoms with Crippen LogP contribution in [0.4, 0.5) is 5.82 Å². The first kappa shape index (κ1) is 26.1. The number of methoxy groups -OCH3 is 1. The smallest absolute Gasteiger partial charge is 0.257 e. The topological polar surface area (TPSA) is 93.3 Å². The summed E-state index contributed by atoms with van der Waals surface area (Å²) in [5.41, 5.74) is 3.33. The van der Waals surface area contributed by atoms with Crippen LogP contribution in [0.2, 0.25) is 0 Å². The fraction of sp³-hybridized carbons (Fsp3) is 0.367. The van der Waals surface area contributed by atoms with Crippen LogP contribution in [-0.2, 0) is 11.4 Å². The van der Waals surface area contributed by atoms with Gasteiger partial charge in [0.25, 0.3) is 5.56 Å². The molecule has 1 aromatic heterocycles. The lowest BCUT2D eigenvalue weighted by Gasteiger charge is -2.38. The number of benzene rings is 2. The number of carbonyl (C=O) groups excluding carboxylic acids is 1. The molecule has 7 nitrogen and oxygen atoms in total. The van der Waals surface area contributed by atoms with E-state index >= 15 is 0 Å². The molecule has 1 unspecified atom stereocenters. The summed E-state index contributed by atoms with van der Waals surface area (Å²) >= 11 is 1.52. The molecule has 2 aliphatic rings. The van der Waals surface area contributed by atoms with Crippen molar-refractivity contribution < 1.29 is 14.3 Å². The summed E-state index contributed by atoms with van der Waals surface area (Å²) in [5, 5.41) is 3.96. The molecule has 0 spiro atoms. The van der Waals surface area contributed by atoms with Gasteiger partial charge in [-0.2, -0.15) is 0 Å². The molecule has 0 bridgehead atoms. The number of carbonyl (C=O) groups is 1. The summed E-state index contributed by atoms with van der Waals surface area (Å²) in [4.78, 5) is 34.8. The van der Waals surface area contributed by atoms with Crippen molar-refractivity contribution in [2.75, 3.05) is 18.2 Å². The van der Waals surface area contributed by atoms with Crippen LogP contribution in [0.25, 0.3) is 0 Å². The summed E-state index contributed by atoms with van der Waals surface area (Å²) < 4.78 is 11.8. The number of thioether (sulfide) groups is 1. The van der Waals surface area contributed by atoms with Crippen molar-refractivity contribution in [3.8, 4) is 11.5 Å². The molecule has 8 heteroatoms. The van der Waals surface area contributed by atoms with Crippen LogP contribution in [0, 0.1) is 5.41 Å². The van der Waals surface area contributed by atoms with Gasteiger partial charge in [0.1, 0.15) is 12.4 Å². The molecule has 0 amide bonds. The van der Waals surface area contributed by atoms with Crippen LogP contribution < -0.4 is 20.3 Å². The lowest BCUT2D eigenvalue weighted by Crippen LogP contribution is -2.37. The number of H-pyrrole nitrogens is 1. The van der Waals surface area contributed by atoms with Crippen LogP contribution in [0.5, 0.6) is 11.5 Å². The molecule has 0 fully saturated rings. The number of aromatic nitrogens is 2. The predicted molar refractivity (Wildman–Crippen MR) is 150 cm³/mol. The Morgan fingerprint density at radius 2 is 1.87 bits per heavy atom. The molecule has 2 aromatic carbocycles. The number of anilines is 1. The van der Waals surface area contributed by atoms with Gasteiger partial charge in [0, 0.05) is 29.4 Å². The highest BCUT2D eigenvalue weighted by molar-refractivity contribution is 7.99. The van der Waals surface area contributed by atoms with Gasteiger partial charge in [-0.25, -0.2) is 4.98 Å². The fourth-order valence-corrected chi connectivity index (χ4v) is 5.93. The normalized spacial score (nSPS) is 17.9. The van der Waals surface area contributed by atoms with E-state index in [-0.39, 0.29) is 16.8 Å². The zero-order chi connectivity index (χ0) is 26.9. The summed E-state index contributed by atoms with van der Waals surface area (Å²) in [6.07, 6.45) is 2.09. The van der Waals surface area contributed by atoms with E-state index in [9.17, 15) is 9.59 Å². The zero-order valence-corrected chi connectivity index (χ0v) is 23.0. The maximum atomic E-state index is 13.6. The van der Waals surface area contributed by atoms with E-state index in [0.29, 0.717) is 53.1 Å². The van der Waals surface area contributed by atoms with Crippen molar-refractivity contribution in [1.82, 2.24) is 9.97 Å². The zero-order valence-electron chi connectivity index (χ0n) is 22.2. The number of allylic oxidation sites excluding steroid dienone is 2. The highest BCUT2D eigenvalue weighted by Crippen LogP contribution is 2.48. The van der Waals surface area contributed by atoms with E-state index in [1.165, 1.54) is 11.8 Å². The van der Waals surface area contributed by atoms with Gasteiger partial charge in [-0.3, -0.25) is 9.59 Å². The minimum Gasteiger partial charge on any atom is -0.493 e. The Balaban J connectivity index is 1.62. The van der Waals surface area contributed by atoms with Gasteiger partial charge in [-0.05, 0) is 41.5 Å². The van der Waals surface area contributed by atoms with Crippen LogP contribution in [-0.4, -0.2) is 28.6 Å². The van der Waals surface area contributed by atoms with Crippen LogP contribution in [0.15, 0.2) is 69.8 Å². The Labute approximate surface area is 227 Å². The number of hydrogen-bond donors (Lipinski definition) is 2. The first-order valence-electron chi connectivity index (χ1n) is 12.9. The molecular weight excluding hydrogens is 498 g/mol. The minimum absolute atomic E-state index is 0.0470. The Bertz CT molecular complexity index is 1450. The van der Waals surface area contributed by atoms with E-state index in [0.717, 1.165) is 29.0 Å². The number of Topliss-reactive ketones (excluding diaryl/α,β-unsaturated/α-hetero) is 1. The summed E-state index contributed by atoms with van der Waals surface area (Å²) in [6, 6.07) is 15.5. The Morgan fingerprint density at radius 1 is 1.08 bits per heavy atom. The van der Waals surface area contributed by atoms with Gasteiger partial charge in [-0.15, -0.1) is 0 Å². The number of fused-ring (bicyclic) bond motifs is 1. The van der Waals surface area contributed by atoms with Gasteiger partial charge in [0.2, 0.25) is 0 Å². The molecular formula is C30H33N3O4S. The second-order valence-electron chi connectivity index (χ2n) is 10.6. The largest absolute Gasteiger partial charge is 0.493 e. The molecule has 0 saturated heterocycles. The first-order chi connectivity index (χ1) is 18.3. The van der Waals surface area contributed by atoms with E-state index in [4.69, 9.17) is 14.5 Å². The SMILES string of the molecule is CCCSc1nc2c(c(=O)[nH]1)C(c1ccc(OC)c(OCc3ccccc3)c1)C1=C(CC(C)(C)CC1=O)N2. The molecule has 38 heavy (non-hydrogen) atoms. The number of aromatic amines is 1. The molecule has 198 valence electrons. The molecule has 5 rings (SSSR count). The van der Waals surface area contributed by atoms with Gasteiger partial charge >= 0.3 is 0 Å². The second kappa shape index (κ2) is 10.7. The Hall–Kier alpha value is -3.52. The number of rotatable bonds is 8. The van der Waals surface area contributed by atoms with E-state index in [2.05, 4.69) is 31.1 Å². The quantitative estimate of drug-likeness (QED) is 0.270. The summed E-state index contributed by atoms with van der Waals surface area (Å²) in [5.74, 6) is 2.00. The number of ketones is 1. The number of nitrogens with zero attached hydrogens (tertiary/aromatic N) is 1. The molecule has 1 aliphatic carbocycles. The number of nitrogens with one attached hydrogen (secondary N) is 2. The fourth-order valence-electron chi connectivity index (χ4n) is 5.21. The molecule has 0 saturated carbocycles. The van der Waals surface area contributed by atoms with Crippen molar-refractivity contribution >= 4 is 23.4 Å². The van der Waals surface area contributed by atoms with Crippen LogP contribution in [0.3, 0.4) is 0 Å². The van der Waals surface area contributed by atoms with Gasteiger partial charge in [0.15, 0.2) is 22.4 Å². The molecule has 1 atom stereocenters. The standard InChI is InChI=1S/C30H33N3O4S/c1-5-13-38-29-32-27-26(28(35)33-29)24(25-20(31-27)15-30(2,3)16-21(25)34)19-11-12-22(36-4)23(14-19)37-17-18-9-7-6-8-10-18/h6-12,14,24H,5,13,15-17H2,1-4H3,(H2,31,32,33,35). The number of hydrogen-bond acceptors (Lipinski definition) is 7. The average molecular weight is 532 g/mol. The van der Waals surface area contributed by atoms with E-state index in [1.54, 1.807) is 7.11 Å². The summed E-state index contributed by atoms with van der Waals surface area (Å²) in [7, 11) is 1.60. The third-order valence-corrected chi connectivity index (χ3v) is 7.98. The van der Waals surface area contributed by atoms with Crippen molar-refractivity contribution in [3.63, 3.8) is 0 Å². The lowest BCUT2D eigenvalue weighted by atomic mass is 9.69. The maximum Gasteiger partial charge on any atom is 0.257 e. The second-order valence-corrected chi connectivity index (χ2v) is 11.6. The third-order valence-electron chi connectivity index (χ3n) is 6.90. The van der Waals surface area contributed by atoms with Crippen LogP contribution >= 0.6 is 11.8 Å². The minimum atomic E-state index is -0.559. The molecule has 0 radical (unpaired) electrons. The Morgan fingerprint density at radius 3 is 2.61 bits per heavy atom. The monoisotopic (exact) mass is 531 g/mol. The Kier molecular flexibility index (Phi) is 7.34. The lowest BCUT2D eigenvalue weighted by molar-refractivity contribution is -0.118. The summed E-state index contributed by atoms with van der Waals surface area (Å²) in [6.45, 7) is 6.64. The molecule has 2 heterocycles. The predicted octanol–water partition coefficient (Wildman–Crippen LogP) is 6.06. The van der Waals surface area contributed by atoms with E-state index < -0.39 is 5.92 Å².